The zero-order valence-electron chi connectivity index (χ0n) is 19.8. The van der Waals surface area contributed by atoms with E-state index in [0.717, 1.165) is 37.1 Å². The minimum absolute atomic E-state index is 0.229. The van der Waals surface area contributed by atoms with Gasteiger partial charge in [0.25, 0.3) is 11.5 Å². The lowest BCUT2D eigenvalue weighted by Crippen LogP contribution is -2.34. The Kier molecular flexibility index (Phi) is 7.34. The lowest BCUT2D eigenvalue weighted by molar-refractivity contribution is -0.133. The summed E-state index contributed by atoms with van der Waals surface area (Å²) in [5.74, 6) is 0.407. The number of rotatable bonds is 6. The Morgan fingerprint density at radius 1 is 0.892 bits per heavy atom. The van der Waals surface area contributed by atoms with E-state index in [4.69, 9.17) is 9.84 Å². The number of hydrazone groups is 1. The largest absolute Gasteiger partial charge is 0.497 e. The van der Waals surface area contributed by atoms with Gasteiger partial charge in [-0.15, -0.1) is 0 Å². The average Bonchev–Trinajstić information content (AvgIpc) is 3.36. The van der Waals surface area contributed by atoms with Gasteiger partial charge in [-0.05, 0) is 53.6 Å². The quantitative estimate of drug-likeness (QED) is 0.272. The molecule has 0 bridgehead atoms. The minimum Gasteiger partial charge on any atom is -0.497 e. The highest BCUT2D eigenvalue weighted by Crippen LogP contribution is 2.34. The summed E-state index contributed by atoms with van der Waals surface area (Å²) in [4.78, 5) is 26.2. The third kappa shape index (κ3) is 5.57. The average molecular weight is 622 g/mol. The van der Waals surface area contributed by atoms with Gasteiger partial charge in [0.1, 0.15) is 12.3 Å². The van der Waals surface area contributed by atoms with E-state index in [1.54, 1.807) is 13.2 Å². The summed E-state index contributed by atoms with van der Waals surface area (Å²) >= 11 is 6.89. The van der Waals surface area contributed by atoms with Crippen molar-refractivity contribution in [2.45, 2.75) is 19.0 Å². The standard InChI is InChI=1S/C28H22Br2N4O3/c1-37-23-12-6-20(7-13-23)26-16-25(19-4-10-22(30)11-5-19)32-34(26)28(36)17-33-27(35)15-14-24(31-33)18-2-8-21(29)9-3-18/h2-15,26H,16-17H2,1H3. The number of benzene rings is 3. The predicted molar refractivity (Wildman–Crippen MR) is 150 cm³/mol. The second-order valence-corrected chi connectivity index (χ2v) is 10.3. The van der Waals surface area contributed by atoms with Crippen molar-refractivity contribution in [2.75, 3.05) is 7.11 Å². The van der Waals surface area contributed by atoms with Crippen molar-refractivity contribution in [3.63, 3.8) is 0 Å². The summed E-state index contributed by atoms with van der Waals surface area (Å²) in [5.41, 5.74) is 3.75. The first kappa shape index (κ1) is 25.1. The molecule has 1 aromatic heterocycles. The molecule has 0 N–H and O–H groups in total. The van der Waals surface area contributed by atoms with E-state index >= 15 is 0 Å². The summed E-state index contributed by atoms with van der Waals surface area (Å²) in [7, 11) is 1.61. The number of nitrogens with zero attached hydrogens (tertiary/aromatic N) is 4. The SMILES string of the molecule is COc1ccc(C2CC(c3ccc(Br)cc3)=NN2C(=O)Cn2nc(-c3ccc(Br)cc3)ccc2=O)cc1. The summed E-state index contributed by atoms with van der Waals surface area (Å²) < 4.78 is 8.39. The van der Waals surface area contributed by atoms with Crippen molar-refractivity contribution in [1.82, 2.24) is 14.8 Å². The monoisotopic (exact) mass is 620 g/mol. The molecule has 0 saturated carbocycles. The molecule has 37 heavy (non-hydrogen) atoms. The van der Waals surface area contributed by atoms with Gasteiger partial charge in [-0.25, -0.2) is 9.69 Å². The Hall–Kier alpha value is -3.56. The third-order valence-electron chi connectivity index (χ3n) is 6.14. The Balaban J connectivity index is 1.46. The van der Waals surface area contributed by atoms with Crippen molar-refractivity contribution < 1.29 is 9.53 Å². The Labute approximate surface area is 230 Å². The molecule has 7 nitrogen and oxygen atoms in total. The zero-order chi connectivity index (χ0) is 25.9. The van der Waals surface area contributed by atoms with E-state index in [0.29, 0.717) is 12.1 Å². The number of amides is 1. The van der Waals surface area contributed by atoms with Crippen LogP contribution >= 0.6 is 31.9 Å². The maximum atomic E-state index is 13.6. The molecule has 186 valence electrons. The maximum absolute atomic E-state index is 13.6. The van der Waals surface area contributed by atoms with Crippen LogP contribution in [0.15, 0.2) is 104 Å². The predicted octanol–water partition coefficient (Wildman–Crippen LogP) is 5.82. The number of carbonyl (C=O) groups is 1. The Morgan fingerprint density at radius 2 is 1.51 bits per heavy atom. The summed E-state index contributed by atoms with van der Waals surface area (Å²) in [5, 5.41) is 10.6. The van der Waals surface area contributed by atoms with Crippen molar-refractivity contribution in [1.29, 1.82) is 0 Å². The normalized spacial score (nSPS) is 14.9. The molecule has 9 heteroatoms. The molecule has 1 unspecified atom stereocenters. The fourth-order valence-electron chi connectivity index (χ4n) is 4.18. The van der Waals surface area contributed by atoms with Crippen molar-refractivity contribution >= 4 is 43.5 Å². The molecule has 1 aliphatic heterocycles. The number of methoxy groups -OCH3 is 1. The number of halogens is 2. The van der Waals surface area contributed by atoms with Crippen LogP contribution in [0.4, 0.5) is 0 Å². The first-order valence-electron chi connectivity index (χ1n) is 11.5. The van der Waals surface area contributed by atoms with E-state index in [1.807, 2.05) is 72.8 Å². The van der Waals surface area contributed by atoms with Crippen LogP contribution in [0, 0.1) is 0 Å². The molecule has 0 radical (unpaired) electrons. The second-order valence-electron chi connectivity index (χ2n) is 8.51. The van der Waals surface area contributed by atoms with Crippen LogP contribution in [-0.4, -0.2) is 33.5 Å². The first-order chi connectivity index (χ1) is 17.9. The van der Waals surface area contributed by atoms with Gasteiger partial charge in [0.05, 0.1) is 24.6 Å². The molecular weight excluding hydrogens is 600 g/mol. The van der Waals surface area contributed by atoms with Crippen LogP contribution in [0.2, 0.25) is 0 Å². The fourth-order valence-corrected chi connectivity index (χ4v) is 4.71. The van der Waals surface area contributed by atoms with Gasteiger partial charge in [0, 0.05) is 27.0 Å². The minimum atomic E-state index is -0.355. The molecule has 0 fully saturated rings. The number of ether oxygens (including phenoxy) is 1. The maximum Gasteiger partial charge on any atom is 0.267 e. The molecule has 1 aliphatic rings. The van der Waals surface area contributed by atoms with Gasteiger partial charge in [0.2, 0.25) is 0 Å². The highest BCUT2D eigenvalue weighted by Gasteiger charge is 2.33. The molecule has 0 saturated heterocycles. The number of hydrogen-bond donors (Lipinski definition) is 0. The van der Waals surface area contributed by atoms with E-state index in [1.165, 1.54) is 15.8 Å². The number of hydrogen-bond acceptors (Lipinski definition) is 5. The number of carbonyl (C=O) groups excluding carboxylic acids is 1. The lowest BCUT2D eigenvalue weighted by Gasteiger charge is -2.22. The van der Waals surface area contributed by atoms with Crippen LogP contribution in [0.25, 0.3) is 11.3 Å². The number of aromatic nitrogens is 2. The van der Waals surface area contributed by atoms with Crippen molar-refractivity contribution in [3.05, 3.63) is 115 Å². The smallest absolute Gasteiger partial charge is 0.267 e. The van der Waals surface area contributed by atoms with E-state index in [2.05, 4.69) is 37.0 Å². The van der Waals surface area contributed by atoms with Gasteiger partial charge in [-0.3, -0.25) is 9.59 Å². The highest BCUT2D eigenvalue weighted by molar-refractivity contribution is 9.10. The van der Waals surface area contributed by atoms with Gasteiger partial charge in [0.15, 0.2) is 0 Å². The Morgan fingerprint density at radius 3 is 2.14 bits per heavy atom. The molecular formula is C28H22Br2N4O3. The van der Waals surface area contributed by atoms with Crippen LogP contribution < -0.4 is 10.3 Å². The van der Waals surface area contributed by atoms with Gasteiger partial charge < -0.3 is 4.74 Å². The lowest BCUT2D eigenvalue weighted by atomic mass is 9.98. The van der Waals surface area contributed by atoms with E-state index in [-0.39, 0.29) is 24.1 Å². The highest BCUT2D eigenvalue weighted by atomic mass is 79.9. The van der Waals surface area contributed by atoms with Gasteiger partial charge in [-0.1, -0.05) is 68.3 Å². The topological polar surface area (TPSA) is 76.8 Å². The van der Waals surface area contributed by atoms with Crippen LogP contribution in [-0.2, 0) is 11.3 Å². The first-order valence-corrected chi connectivity index (χ1v) is 13.1. The Bertz CT molecular complexity index is 1520. The molecule has 2 heterocycles. The second kappa shape index (κ2) is 10.8. The van der Waals surface area contributed by atoms with E-state index < -0.39 is 0 Å². The molecule has 1 atom stereocenters. The zero-order valence-corrected chi connectivity index (χ0v) is 23.0. The van der Waals surface area contributed by atoms with Crippen LogP contribution in [0.3, 0.4) is 0 Å². The molecule has 0 spiro atoms. The molecule has 0 aliphatic carbocycles. The summed E-state index contributed by atoms with van der Waals surface area (Å²) in [6.45, 7) is -0.229. The fraction of sp³-hybridized carbons (Fsp3) is 0.143. The van der Waals surface area contributed by atoms with Crippen LogP contribution in [0.5, 0.6) is 5.75 Å². The van der Waals surface area contributed by atoms with E-state index in [9.17, 15) is 9.59 Å². The summed E-state index contributed by atoms with van der Waals surface area (Å²) in [6, 6.07) is 25.8. The van der Waals surface area contributed by atoms with Gasteiger partial charge >= 0.3 is 0 Å². The molecule has 3 aromatic carbocycles. The molecule has 5 rings (SSSR count). The van der Waals surface area contributed by atoms with Crippen molar-refractivity contribution in [2.24, 2.45) is 5.10 Å². The molecule has 4 aromatic rings. The van der Waals surface area contributed by atoms with Crippen LogP contribution in [0.1, 0.15) is 23.6 Å². The summed E-state index contributed by atoms with van der Waals surface area (Å²) in [6.07, 6.45) is 0.543. The molecule has 1 amide bonds. The van der Waals surface area contributed by atoms with Gasteiger partial charge in [-0.2, -0.15) is 10.2 Å². The van der Waals surface area contributed by atoms with Crippen molar-refractivity contribution in [3.8, 4) is 17.0 Å². The third-order valence-corrected chi connectivity index (χ3v) is 7.19.